The molecule has 0 aliphatic heterocycles. The molecular formula is C15H16N4S. The molecule has 0 aliphatic carbocycles. The highest BCUT2D eigenvalue weighted by Crippen LogP contribution is 2.26. The number of benzene rings is 1. The topological polar surface area (TPSA) is 56.7 Å². The normalized spacial score (nSPS) is 12.5. The van der Waals surface area contributed by atoms with Crippen molar-refractivity contribution in [1.82, 2.24) is 14.8 Å². The maximum absolute atomic E-state index is 6.01. The lowest BCUT2D eigenvalue weighted by molar-refractivity contribution is 0.693. The van der Waals surface area contributed by atoms with Gasteiger partial charge in [0.05, 0.1) is 23.6 Å². The van der Waals surface area contributed by atoms with Gasteiger partial charge in [-0.05, 0) is 18.6 Å². The van der Waals surface area contributed by atoms with Crippen molar-refractivity contribution in [2.45, 2.75) is 19.4 Å². The maximum atomic E-state index is 6.01. The van der Waals surface area contributed by atoms with Crippen LogP contribution in [0, 0.1) is 0 Å². The Morgan fingerprint density at radius 1 is 1.30 bits per heavy atom. The molecule has 3 rings (SSSR count). The van der Waals surface area contributed by atoms with Crippen LogP contribution in [0.5, 0.6) is 0 Å². The van der Waals surface area contributed by atoms with Crippen LogP contribution in [0.25, 0.3) is 16.9 Å². The van der Waals surface area contributed by atoms with E-state index in [1.54, 1.807) is 11.3 Å². The summed E-state index contributed by atoms with van der Waals surface area (Å²) in [5.74, 6) is 0. The predicted molar refractivity (Wildman–Crippen MR) is 81.9 cm³/mol. The van der Waals surface area contributed by atoms with Crippen LogP contribution in [0.1, 0.15) is 24.4 Å². The highest BCUT2D eigenvalue weighted by atomic mass is 32.1. The largest absolute Gasteiger partial charge is 0.322 e. The Kier molecular flexibility index (Phi) is 3.62. The average Bonchev–Trinajstić information content (AvgIpc) is 3.16. The summed E-state index contributed by atoms with van der Waals surface area (Å²) in [7, 11) is 0. The number of hydrogen-bond acceptors (Lipinski definition) is 4. The van der Waals surface area contributed by atoms with Crippen LogP contribution in [0.3, 0.4) is 0 Å². The Hall–Kier alpha value is -1.98. The fourth-order valence-electron chi connectivity index (χ4n) is 1.94. The van der Waals surface area contributed by atoms with Crippen molar-refractivity contribution in [2.24, 2.45) is 5.73 Å². The van der Waals surface area contributed by atoms with E-state index in [0.717, 1.165) is 28.4 Å². The molecule has 3 aromatic rings. The fraction of sp³-hybridized carbons (Fsp3) is 0.200. The lowest BCUT2D eigenvalue weighted by Crippen LogP contribution is -2.07. The van der Waals surface area contributed by atoms with Gasteiger partial charge >= 0.3 is 0 Å². The van der Waals surface area contributed by atoms with Crippen molar-refractivity contribution in [1.29, 1.82) is 0 Å². The van der Waals surface area contributed by atoms with E-state index in [9.17, 15) is 0 Å². The van der Waals surface area contributed by atoms with Gasteiger partial charge < -0.3 is 5.73 Å². The van der Waals surface area contributed by atoms with Crippen molar-refractivity contribution in [3.05, 3.63) is 53.1 Å². The summed E-state index contributed by atoms with van der Waals surface area (Å²) in [6.07, 6.45) is 4.73. The van der Waals surface area contributed by atoms with Gasteiger partial charge in [-0.15, -0.1) is 11.3 Å². The van der Waals surface area contributed by atoms with E-state index in [4.69, 9.17) is 5.73 Å². The number of para-hydroxylation sites is 1. The minimum Gasteiger partial charge on any atom is -0.322 e. The van der Waals surface area contributed by atoms with E-state index < -0.39 is 0 Å². The number of hydrogen-bond donors (Lipinski definition) is 1. The smallest absolute Gasteiger partial charge is 0.110 e. The van der Waals surface area contributed by atoms with E-state index in [0.29, 0.717) is 0 Å². The highest BCUT2D eigenvalue weighted by Gasteiger charge is 2.11. The summed E-state index contributed by atoms with van der Waals surface area (Å²) in [4.78, 5) is 4.60. The first-order chi connectivity index (χ1) is 9.78. The Bertz CT molecular complexity index is 687. The predicted octanol–water partition coefficient (Wildman–Crippen LogP) is 3.41. The molecule has 20 heavy (non-hydrogen) atoms. The summed E-state index contributed by atoms with van der Waals surface area (Å²) in [6, 6.07) is 10.1. The number of rotatable bonds is 4. The minimum absolute atomic E-state index is 0.0259. The van der Waals surface area contributed by atoms with Crippen molar-refractivity contribution in [3.63, 3.8) is 0 Å². The lowest BCUT2D eigenvalue weighted by atomic mass is 10.2. The van der Waals surface area contributed by atoms with E-state index in [2.05, 4.69) is 17.0 Å². The summed E-state index contributed by atoms with van der Waals surface area (Å²) in [6.45, 7) is 2.07. The van der Waals surface area contributed by atoms with Gasteiger partial charge in [0.25, 0.3) is 0 Å². The average molecular weight is 284 g/mol. The van der Waals surface area contributed by atoms with E-state index >= 15 is 0 Å². The number of nitrogens with two attached hydrogens (primary N) is 1. The Morgan fingerprint density at radius 2 is 2.10 bits per heavy atom. The molecule has 102 valence electrons. The molecule has 0 saturated heterocycles. The lowest BCUT2D eigenvalue weighted by Gasteiger charge is -2.02. The molecule has 0 saturated carbocycles. The van der Waals surface area contributed by atoms with Gasteiger partial charge in [0, 0.05) is 17.1 Å². The van der Waals surface area contributed by atoms with Gasteiger partial charge in [0.1, 0.15) is 5.01 Å². The van der Waals surface area contributed by atoms with Crippen molar-refractivity contribution < 1.29 is 0 Å². The quantitative estimate of drug-likeness (QED) is 0.798. The molecule has 2 aromatic heterocycles. The second-order valence-electron chi connectivity index (χ2n) is 4.59. The zero-order valence-corrected chi connectivity index (χ0v) is 12.0. The molecule has 0 amide bonds. The molecule has 0 radical (unpaired) electrons. The number of nitrogens with zero attached hydrogens (tertiary/aromatic N) is 3. The summed E-state index contributed by atoms with van der Waals surface area (Å²) < 4.78 is 1.86. The van der Waals surface area contributed by atoms with Crippen LogP contribution in [0.4, 0.5) is 0 Å². The molecule has 0 aliphatic rings. The summed E-state index contributed by atoms with van der Waals surface area (Å²) >= 11 is 1.61. The molecule has 2 heterocycles. The van der Waals surface area contributed by atoms with E-state index in [-0.39, 0.29) is 6.04 Å². The Labute approximate surface area is 121 Å². The molecule has 1 atom stereocenters. The Balaban J connectivity index is 1.89. The maximum Gasteiger partial charge on any atom is 0.110 e. The molecule has 4 nitrogen and oxygen atoms in total. The third-order valence-corrected chi connectivity index (χ3v) is 4.15. The summed E-state index contributed by atoms with van der Waals surface area (Å²) in [5, 5.41) is 7.41. The van der Waals surface area contributed by atoms with Gasteiger partial charge in [-0.2, -0.15) is 5.10 Å². The minimum atomic E-state index is 0.0259. The van der Waals surface area contributed by atoms with Crippen LogP contribution >= 0.6 is 11.3 Å². The SMILES string of the molecule is CCC(N)c1nc(-c2cnn(-c3ccccc3)c2)cs1. The van der Waals surface area contributed by atoms with Gasteiger partial charge in [0.15, 0.2) is 0 Å². The fourth-order valence-corrected chi connectivity index (χ4v) is 2.86. The standard InChI is InChI=1S/C15H16N4S/c1-2-13(16)15-18-14(10-20-15)11-8-17-19(9-11)12-6-4-3-5-7-12/h3-10,13H,2,16H2,1H3. The van der Waals surface area contributed by atoms with Gasteiger partial charge in [-0.3, -0.25) is 0 Å². The first-order valence-corrected chi connectivity index (χ1v) is 7.47. The third kappa shape index (κ3) is 2.50. The Morgan fingerprint density at radius 3 is 2.85 bits per heavy atom. The zero-order chi connectivity index (χ0) is 13.9. The first kappa shape index (κ1) is 13.0. The molecule has 5 heteroatoms. The van der Waals surface area contributed by atoms with Crippen LogP contribution < -0.4 is 5.73 Å². The van der Waals surface area contributed by atoms with Crippen LogP contribution in [0.15, 0.2) is 48.1 Å². The van der Waals surface area contributed by atoms with Crippen molar-refractivity contribution in [3.8, 4) is 16.9 Å². The molecule has 0 spiro atoms. The molecule has 1 aromatic carbocycles. The molecular weight excluding hydrogens is 268 g/mol. The zero-order valence-electron chi connectivity index (χ0n) is 11.2. The first-order valence-electron chi connectivity index (χ1n) is 6.59. The second-order valence-corrected chi connectivity index (χ2v) is 5.48. The van der Waals surface area contributed by atoms with Crippen LogP contribution in [0.2, 0.25) is 0 Å². The molecule has 2 N–H and O–H groups in total. The monoisotopic (exact) mass is 284 g/mol. The van der Waals surface area contributed by atoms with Gasteiger partial charge in [-0.25, -0.2) is 9.67 Å². The summed E-state index contributed by atoms with van der Waals surface area (Å²) in [5.41, 5.74) is 9.00. The van der Waals surface area contributed by atoms with Crippen LogP contribution in [-0.2, 0) is 0 Å². The van der Waals surface area contributed by atoms with Crippen molar-refractivity contribution in [2.75, 3.05) is 0 Å². The molecule has 0 fully saturated rings. The van der Waals surface area contributed by atoms with E-state index in [1.165, 1.54) is 0 Å². The third-order valence-electron chi connectivity index (χ3n) is 3.18. The number of thiazole rings is 1. The van der Waals surface area contributed by atoms with E-state index in [1.807, 2.05) is 52.8 Å². The van der Waals surface area contributed by atoms with Crippen LogP contribution in [-0.4, -0.2) is 14.8 Å². The molecule has 1 unspecified atom stereocenters. The van der Waals surface area contributed by atoms with Gasteiger partial charge in [0.2, 0.25) is 0 Å². The molecule has 0 bridgehead atoms. The van der Waals surface area contributed by atoms with Crippen molar-refractivity contribution >= 4 is 11.3 Å². The number of aromatic nitrogens is 3. The van der Waals surface area contributed by atoms with Gasteiger partial charge in [-0.1, -0.05) is 25.1 Å². The highest BCUT2D eigenvalue weighted by molar-refractivity contribution is 7.10. The second kappa shape index (κ2) is 5.56.